The van der Waals surface area contributed by atoms with Gasteiger partial charge in [-0.05, 0) is 25.7 Å². The number of fused-ring (bicyclic) bond motifs is 2. The molecule has 2 saturated heterocycles. The molecule has 3 rings (SSSR count). The molecule has 2 aliphatic rings. The fourth-order valence-electron chi connectivity index (χ4n) is 3.06. The molecule has 2 aliphatic heterocycles. The molecule has 3 atom stereocenters. The highest BCUT2D eigenvalue weighted by atomic mass is 32.1. The molecular weight excluding hydrogens is 319 g/mol. The lowest BCUT2D eigenvalue weighted by Gasteiger charge is -2.37. The summed E-state index contributed by atoms with van der Waals surface area (Å²) in [5.41, 5.74) is 6.05. The van der Waals surface area contributed by atoms with Crippen LogP contribution in [0.5, 0.6) is 0 Å². The fourth-order valence-corrected chi connectivity index (χ4v) is 3.69. The summed E-state index contributed by atoms with van der Waals surface area (Å²) in [5, 5.41) is 10.4. The van der Waals surface area contributed by atoms with Gasteiger partial charge < -0.3 is 10.8 Å². The molecule has 0 aromatic carbocycles. The molecule has 0 radical (unpaired) electrons. The Balaban J connectivity index is 0.000000217. The molecule has 124 valence electrons. The second-order valence-corrected chi connectivity index (χ2v) is 6.50. The summed E-state index contributed by atoms with van der Waals surface area (Å²) < 4.78 is 31.7. The van der Waals surface area contributed by atoms with Crippen molar-refractivity contribution in [1.29, 1.82) is 0 Å². The standard InChI is InChI=1S/C11H17N3S.C2HF3O2/c12-8-5-9-1-2-10(6-8)14(9)7-11-13-3-4-15-11;3-2(4,5)1(6)7/h3-4,8-10H,1-2,5-7,12H2;(H,6,7)/t8?,9-,10+;. The number of nitrogens with zero attached hydrogens (tertiary/aromatic N) is 2. The van der Waals surface area contributed by atoms with E-state index in [1.165, 1.54) is 30.7 Å². The van der Waals surface area contributed by atoms with Gasteiger partial charge in [0.05, 0.1) is 6.54 Å². The van der Waals surface area contributed by atoms with E-state index in [0.29, 0.717) is 6.04 Å². The number of carboxylic acids is 1. The van der Waals surface area contributed by atoms with Crippen molar-refractivity contribution in [3.63, 3.8) is 0 Å². The Morgan fingerprint density at radius 3 is 2.36 bits per heavy atom. The van der Waals surface area contributed by atoms with Crippen LogP contribution >= 0.6 is 11.3 Å². The largest absolute Gasteiger partial charge is 0.490 e. The summed E-state index contributed by atoms with van der Waals surface area (Å²) in [6.45, 7) is 1.04. The Bertz CT molecular complexity index is 481. The second kappa shape index (κ2) is 6.93. The molecule has 0 aliphatic carbocycles. The number of halogens is 3. The average molecular weight is 337 g/mol. The molecule has 9 heteroatoms. The number of thiazole rings is 1. The molecule has 2 bridgehead atoms. The molecule has 3 N–H and O–H groups in total. The van der Waals surface area contributed by atoms with Gasteiger partial charge in [-0.3, -0.25) is 4.90 Å². The zero-order valence-corrected chi connectivity index (χ0v) is 12.6. The van der Waals surface area contributed by atoms with Gasteiger partial charge >= 0.3 is 12.1 Å². The number of hydrogen-bond acceptors (Lipinski definition) is 5. The number of carbonyl (C=O) groups is 1. The Labute approximate surface area is 129 Å². The number of nitrogens with two attached hydrogens (primary N) is 1. The van der Waals surface area contributed by atoms with E-state index >= 15 is 0 Å². The molecule has 22 heavy (non-hydrogen) atoms. The van der Waals surface area contributed by atoms with Crippen molar-refractivity contribution >= 4 is 17.3 Å². The van der Waals surface area contributed by atoms with Crippen molar-refractivity contribution in [2.24, 2.45) is 5.73 Å². The molecule has 1 aromatic heterocycles. The lowest BCUT2D eigenvalue weighted by atomic mass is 9.98. The molecule has 0 spiro atoms. The van der Waals surface area contributed by atoms with Crippen LogP contribution in [0.15, 0.2) is 11.6 Å². The van der Waals surface area contributed by atoms with Crippen molar-refractivity contribution in [3.05, 3.63) is 16.6 Å². The predicted molar refractivity (Wildman–Crippen MR) is 75.4 cm³/mol. The first-order valence-corrected chi connectivity index (χ1v) is 7.85. The number of alkyl halides is 3. The van der Waals surface area contributed by atoms with Crippen molar-refractivity contribution in [1.82, 2.24) is 9.88 Å². The third-order valence-electron chi connectivity index (χ3n) is 3.96. The van der Waals surface area contributed by atoms with Crippen LogP contribution in [0.4, 0.5) is 13.2 Å². The van der Waals surface area contributed by atoms with Gasteiger partial charge in [0.25, 0.3) is 0 Å². The number of rotatable bonds is 2. The maximum Gasteiger partial charge on any atom is 0.490 e. The fraction of sp³-hybridized carbons (Fsp3) is 0.692. The van der Waals surface area contributed by atoms with Gasteiger partial charge in [0.2, 0.25) is 0 Å². The van der Waals surface area contributed by atoms with E-state index in [1.807, 2.05) is 6.20 Å². The van der Waals surface area contributed by atoms with Gasteiger partial charge in [0.15, 0.2) is 0 Å². The maximum absolute atomic E-state index is 10.6. The maximum atomic E-state index is 10.6. The highest BCUT2D eigenvalue weighted by Crippen LogP contribution is 2.36. The lowest BCUT2D eigenvalue weighted by molar-refractivity contribution is -0.192. The SMILES string of the molecule is NC1C[C@H]2CC[C@@H](C1)N2Cc1nccs1.O=C(O)C(F)(F)F. The first kappa shape index (κ1) is 17.2. The zero-order valence-electron chi connectivity index (χ0n) is 11.8. The van der Waals surface area contributed by atoms with Crippen LogP contribution in [-0.4, -0.2) is 45.3 Å². The van der Waals surface area contributed by atoms with Crippen LogP contribution in [-0.2, 0) is 11.3 Å². The number of aliphatic carboxylic acids is 1. The number of hydrogen-bond donors (Lipinski definition) is 2. The minimum atomic E-state index is -5.08. The summed E-state index contributed by atoms with van der Waals surface area (Å²) in [7, 11) is 0. The van der Waals surface area contributed by atoms with Gasteiger partial charge in [-0.2, -0.15) is 13.2 Å². The molecule has 1 unspecified atom stereocenters. The predicted octanol–water partition coefficient (Wildman–Crippen LogP) is 2.23. The normalized spacial score (nSPS) is 28.1. The van der Waals surface area contributed by atoms with Gasteiger partial charge in [0, 0.05) is 29.7 Å². The van der Waals surface area contributed by atoms with Crippen molar-refractivity contribution in [2.75, 3.05) is 0 Å². The summed E-state index contributed by atoms with van der Waals surface area (Å²) in [4.78, 5) is 15.9. The van der Waals surface area contributed by atoms with E-state index in [2.05, 4.69) is 15.3 Å². The Morgan fingerprint density at radius 2 is 1.95 bits per heavy atom. The van der Waals surface area contributed by atoms with E-state index in [0.717, 1.165) is 18.6 Å². The molecule has 3 heterocycles. The summed E-state index contributed by atoms with van der Waals surface area (Å²) in [6.07, 6.45) is 1.86. The Morgan fingerprint density at radius 1 is 1.41 bits per heavy atom. The molecular formula is C13H18F3N3O2S. The van der Waals surface area contributed by atoms with E-state index in [1.54, 1.807) is 11.3 Å². The highest BCUT2D eigenvalue weighted by Gasteiger charge is 2.39. The molecule has 0 amide bonds. The lowest BCUT2D eigenvalue weighted by Crippen LogP contribution is -2.46. The van der Waals surface area contributed by atoms with Crippen LogP contribution in [0.2, 0.25) is 0 Å². The van der Waals surface area contributed by atoms with Crippen molar-refractivity contribution < 1.29 is 23.1 Å². The van der Waals surface area contributed by atoms with Gasteiger partial charge in [-0.25, -0.2) is 9.78 Å². The van der Waals surface area contributed by atoms with Crippen LogP contribution in [0, 0.1) is 0 Å². The number of carboxylic acid groups (broad SMARTS) is 1. The minimum absolute atomic E-state index is 0.440. The summed E-state index contributed by atoms with van der Waals surface area (Å²) in [5.74, 6) is -2.76. The third-order valence-corrected chi connectivity index (χ3v) is 4.73. The van der Waals surface area contributed by atoms with Crippen molar-refractivity contribution in [2.45, 2.75) is 56.5 Å². The van der Waals surface area contributed by atoms with Gasteiger partial charge in [-0.15, -0.1) is 11.3 Å². The Kier molecular flexibility index (Phi) is 5.41. The quantitative estimate of drug-likeness (QED) is 0.865. The number of piperidine rings is 1. The molecule has 0 saturated carbocycles. The van der Waals surface area contributed by atoms with E-state index < -0.39 is 12.1 Å². The van der Waals surface area contributed by atoms with E-state index in [-0.39, 0.29) is 0 Å². The van der Waals surface area contributed by atoms with Crippen LogP contribution < -0.4 is 5.73 Å². The summed E-state index contributed by atoms with van der Waals surface area (Å²) >= 11 is 1.77. The van der Waals surface area contributed by atoms with Crippen LogP contribution in [0.1, 0.15) is 30.7 Å². The van der Waals surface area contributed by atoms with Crippen molar-refractivity contribution in [3.8, 4) is 0 Å². The van der Waals surface area contributed by atoms with Crippen LogP contribution in [0.3, 0.4) is 0 Å². The smallest absolute Gasteiger partial charge is 0.475 e. The molecule has 1 aromatic rings. The van der Waals surface area contributed by atoms with E-state index in [9.17, 15) is 13.2 Å². The van der Waals surface area contributed by atoms with Crippen LogP contribution in [0.25, 0.3) is 0 Å². The topological polar surface area (TPSA) is 79.5 Å². The first-order chi connectivity index (χ1) is 10.3. The average Bonchev–Trinajstić information content (AvgIpc) is 2.98. The molecule has 2 fully saturated rings. The monoisotopic (exact) mass is 337 g/mol. The second-order valence-electron chi connectivity index (χ2n) is 5.52. The highest BCUT2D eigenvalue weighted by molar-refractivity contribution is 7.09. The first-order valence-electron chi connectivity index (χ1n) is 6.97. The van der Waals surface area contributed by atoms with Gasteiger partial charge in [0.1, 0.15) is 5.01 Å². The number of aromatic nitrogens is 1. The summed E-state index contributed by atoms with van der Waals surface area (Å²) in [6, 6.07) is 1.89. The van der Waals surface area contributed by atoms with E-state index in [4.69, 9.17) is 15.6 Å². The van der Waals surface area contributed by atoms with Gasteiger partial charge in [-0.1, -0.05) is 0 Å². The zero-order chi connectivity index (χ0) is 16.3. The molecule has 5 nitrogen and oxygen atoms in total. The third kappa shape index (κ3) is 4.40. The Hall–Kier alpha value is -1.19. The minimum Gasteiger partial charge on any atom is -0.475 e.